The first-order chi connectivity index (χ1) is 7.52. The van der Waals surface area contributed by atoms with Gasteiger partial charge >= 0.3 is 0 Å². The van der Waals surface area contributed by atoms with Gasteiger partial charge in [-0.3, -0.25) is 4.72 Å². The summed E-state index contributed by atoms with van der Waals surface area (Å²) < 4.78 is 28.5. The van der Waals surface area contributed by atoms with Crippen molar-refractivity contribution in [3.63, 3.8) is 0 Å². The van der Waals surface area contributed by atoms with Crippen molar-refractivity contribution in [1.29, 1.82) is 0 Å². The van der Waals surface area contributed by atoms with Gasteiger partial charge in [0.2, 0.25) is 0 Å². The zero-order chi connectivity index (χ0) is 12.1. The van der Waals surface area contributed by atoms with Gasteiger partial charge in [-0.05, 0) is 31.0 Å². The van der Waals surface area contributed by atoms with E-state index in [2.05, 4.69) is 4.72 Å². The molecule has 1 atom stereocenters. The molecule has 3 N–H and O–H groups in total. The molecule has 0 aliphatic heterocycles. The maximum absolute atomic E-state index is 10.6. The number of benzene rings is 1. The van der Waals surface area contributed by atoms with Crippen LogP contribution in [0.3, 0.4) is 0 Å². The minimum Gasteiger partial charge on any atom is -0.495 e. The van der Waals surface area contributed by atoms with Gasteiger partial charge in [0.1, 0.15) is 5.75 Å². The zero-order valence-corrected chi connectivity index (χ0v) is 11.3. The molecule has 7 heteroatoms. The van der Waals surface area contributed by atoms with Crippen LogP contribution in [0, 0.1) is 0 Å². The van der Waals surface area contributed by atoms with Gasteiger partial charge in [0, 0.05) is 6.04 Å². The molecule has 0 fully saturated rings. The van der Waals surface area contributed by atoms with Crippen molar-refractivity contribution < 1.29 is 13.2 Å². The van der Waals surface area contributed by atoms with Crippen LogP contribution in [-0.2, 0) is 17.3 Å². The minimum absolute atomic E-state index is 0. The highest BCUT2D eigenvalue weighted by molar-refractivity contribution is 7.73. The molecule has 0 saturated carbocycles. The normalized spacial score (nSPS) is 11.2. The molecule has 97 valence electrons. The molecule has 0 aliphatic rings. The molecule has 0 bridgehead atoms. The maximum Gasteiger partial charge on any atom is 0.293 e. The lowest BCUT2D eigenvalue weighted by Gasteiger charge is -2.10. The SMILES string of the molecule is COc1ccc(CC(C)N)cc1N[S](=O)=O.Cl. The topological polar surface area (TPSA) is 81.4 Å². The highest BCUT2D eigenvalue weighted by Crippen LogP contribution is 2.25. The Bertz CT molecular complexity index is 428. The third-order valence-electron chi connectivity index (χ3n) is 2.01. The van der Waals surface area contributed by atoms with E-state index >= 15 is 0 Å². The van der Waals surface area contributed by atoms with Crippen LogP contribution in [0.25, 0.3) is 0 Å². The van der Waals surface area contributed by atoms with E-state index < -0.39 is 10.9 Å². The van der Waals surface area contributed by atoms with Crippen LogP contribution in [0.1, 0.15) is 12.5 Å². The Morgan fingerprint density at radius 1 is 1.47 bits per heavy atom. The molecule has 0 heterocycles. The van der Waals surface area contributed by atoms with Gasteiger partial charge in [-0.2, -0.15) is 8.42 Å². The van der Waals surface area contributed by atoms with E-state index in [1.807, 2.05) is 13.0 Å². The average molecular weight is 280 g/mol. The summed E-state index contributed by atoms with van der Waals surface area (Å²) in [5.74, 6) is 0.484. The van der Waals surface area contributed by atoms with E-state index in [1.54, 1.807) is 12.1 Å². The second kappa shape index (κ2) is 7.26. The van der Waals surface area contributed by atoms with Crippen molar-refractivity contribution in [2.24, 2.45) is 5.73 Å². The highest BCUT2D eigenvalue weighted by atomic mass is 35.5. The largest absolute Gasteiger partial charge is 0.495 e. The lowest BCUT2D eigenvalue weighted by Crippen LogP contribution is -2.17. The summed E-state index contributed by atoms with van der Waals surface area (Å²) in [5, 5.41) is 0. The molecule has 0 spiro atoms. The van der Waals surface area contributed by atoms with E-state index in [0.717, 1.165) is 5.56 Å². The number of ether oxygens (including phenoxy) is 1. The monoisotopic (exact) mass is 279 g/mol. The molecule has 1 rings (SSSR count). The molecule has 0 amide bonds. The first-order valence-corrected chi connectivity index (χ1v) is 5.89. The number of hydrogen-bond acceptors (Lipinski definition) is 4. The van der Waals surface area contributed by atoms with Crippen molar-refractivity contribution in [3.05, 3.63) is 23.8 Å². The van der Waals surface area contributed by atoms with Crippen molar-refractivity contribution >= 4 is 29.0 Å². The van der Waals surface area contributed by atoms with E-state index in [0.29, 0.717) is 17.9 Å². The molecule has 1 aromatic rings. The number of nitrogens with one attached hydrogen (secondary N) is 1. The number of halogens is 1. The summed E-state index contributed by atoms with van der Waals surface area (Å²) in [6.07, 6.45) is 0.685. The smallest absolute Gasteiger partial charge is 0.293 e. The second-order valence-electron chi connectivity index (χ2n) is 3.55. The number of hydrogen-bond donors (Lipinski definition) is 2. The Kier molecular flexibility index (Phi) is 6.79. The van der Waals surface area contributed by atoms with Crippen molar-refractivity contribution in [2.75, 3.05) is 11.8 Å². The van der Waals surface area contributed by atoms with Crippen LogP contribution in [0.4, 0.5) is 5.69 Å². The Morgan fingerprint density at radius 2 is 2.12 bits per heavy atom. The van der Waals surface area contributed by atoms with Crippen LogP contribution in [0.2, 0.25) is 0 Å². The van der Waals surface area contributed by atoms with E-state index in [-0.39, 0.29) is 18.4 Å². The van der Waals surface area contributed by atoms with Gasteiger partial charge in [-0.15, -0.1) is 12.4 Å². The Morgan fingerprint density at radius 3 is 2.59 bits per heavy atom. The number of rotatable bonds is 5. The molecule has 1 radical (unpaired) electrons. The van der Waals surface area contributed by atoms with Crippen LogP contribution >= 0.6 is 12.4 Å². The fraction of sp³-hybridized carbons (Fsp3) is 0.400. The summed E-state index contributed by atoms with van der Waals surface area (Å²) >= 11 is 0. The Hall–Kier alpha value is -1.11. The molecule has 5 nitrogen and oxygen atoms in total. The summed E-state index contributed by atoms with van der Waals surface area (Å²) in [7, 11) is -0.875. The van der Waals surface area contributed by atoms with Gasteiger partial charge in [0.15, 0.2) is 0 Å². The molecule has 1 aromatic carbocycles. The van der Waals surface area contributed by atoms with Gasteiger partial charge < -0.3 is 10.5 Å². The third-order valence-corrected chi connectivity index (χ3v) is 2.40. The molecule has 0 saturated heterocycles. The predicted octanol–water partition coefficient (Wildman–Crippen LogP) is 1.21. The molecule has 17 heavy (non-hydrogen) atoms. The van der Waals surface area contributed by atoms with Gasteiger partial charge in [-0.25, -0.2) is 0 Å². The van der Waals surface area contributed by atoms with E-state index in [1.165, 1.54) is 7.11 Å². The fourth-order valence-electron chi connectivity index (χ4n) is 1.42. The lowest BCUT2D eigenvalue weighted by atomic mass is 10.1. The average Bonchev–Trinajstić information content (AvgIpc) is 2.16. The summed E-state index contributed by atoms with van der Waals surface area (Å²) in [4.78, 5) is 0. The quantitative estimate of drug-likeness (QED) is 0.849. The molecule has 1 unspecified atom stereocenters. The van der Waals surface area contributed by atoms with Crippen molar-refractivity contribution in [1.82, 2.24) is 0 Å². The van der Waals surface area contributed by atoms with Crippen LogP contribution in [0.5, 0.6) is 5.75 Å². The summed E-state index contributed by atoms with van der Waals surface area (Å²) in [6.45, 7) is 1.89. The van der Waals surface area contributed by atoms with Crippen LogP contribution in [-0.4, -0.2) is 21.6 Å². The standard InChI is InChI=1S/C10H15N2O3S.ClH/c1-7(11)5-8-3-4-10(15-2)9(6-8)12-16(13)14;/h3-4,6-7H,5,11H2,1-2H3,(H,12,13,14);1H. The zero-order valence-electron chi connectivity index (χ0n) is 9.64. The first kappa shape index (κ1) is 15.9. The summed E-state index contributed by atoms with van der Waals surface area (Å²) in [5.41, 5.74) is 7.06. The Balaban J connectivity index is 0.00000256. The predicted molar refractivity (Wildman–Crippen MR) is 70.1 cm³/mol. The Labute approximate surface area is 109 Å². The second-order valence-corrected chi connectivity index (χ2v) is 4.23. The first-order valence-electron chi connectivity index (χ1n) is 4.81. The highest BCUT2D eigenvalue weighted by Gasteiger charge is 2.06. The van der Waals surface area contributed by atoms with Gasteiger partial charge in [0.05, 0.1) is 12.8 Å². The van der Waals surface area contributed by atoms with Gasteiger partial charge in [-0.1, -0.05) is 6.07 Å². The third kappa shape index (κ3) is 5.16. The molecular formula is C10H16ClN2O3S. The van der Waals surface area contributed by atoms with E-state index in [4.69, 9.17) is 10.5 Å². The van der Waals surface area contributed by atoms with Crippen LogP contribution < -0.4 is 15.2 Å². The van der Waals surface area contributed by atoms with Crippen molar-refractivity contribution in [2.45, 2.75) is 19.4 Å². The maximum atomic E-state index is 10.6. The lowest BCUT2D eigenvalue weighted by molar-refractivity contribution is 0.416. The van der Waals surface area contributed by atoms with E-state index in [9.17, 15) is 8.42 Å². The number of nitrogens with two attached hydrogens (primary N) is 1. The van der Waals surface area contributed by atoms with Gasteiger partial charge in [0.25, 0.3) is 10.9 Å². The number of anilines is 1. The molecular weight excluding hydrogens is 264 g/mol. The fourth-order valence-corrected chi connectivity index (χ4v) is 1.76. The van der Waals surface area contributed by atoms with Crippen LogP contribution in [0.15, 0.2) is 18.2 Å². The molecule has 0 aliphatic carbocycles. The number of methoxy groups -OCH3 is 1. The van der Waals surface area contributed by atoms with Crippen molar-refractivity contribution in [3.8, 4) is 5.75 Å². The summed E-state index contributed by atoms with van der Waals surface area (Å²) in [6, 6.07) is 5.32. The molecule has 0 aromatic heterocycles. The minimum atomic E-state index is -2.36.